The second kappa shape index (κ2) is 7.61. The molecule has 0 amide bonds. The van der Waals surface area contributed by atoms with E-state index >= 15 is 0 Å². The van der Waals surface area contributed by atoms with Crippen LogP contribution >= 0.6 is 11.6 Å². The average Bonchev–Trinajstić information content (AvgIpc) is 2.42. The van der Waals surface area contributed by atoms with E-state index in [1.54, 1.807) is 6.92 Å². The molecule has 0 aromatic carbocycles. The molecular weight excluding hydrogens is 306 g/mol. The Morgan fingerprint density at radius 3 is 2.80 bits per heavy atom. The van der Waals surface area contributed by atoms with E-state index in [1.807, 2.05) is 0 Å². The average molecular weight is 324 g/mol. The number of hydrogen-bond acceptors (Lipinski definition) is 6. The van der Waals surface area contributed by atoms with Gasteiger partial charge in [0.25, 0.3) is 5.56 Å². The minimum Gasteiger partial charge on any atom is -0.383 e. The number of hydrogen-bond donors (Lipinski definition) is 1. The number of ether oxygens (including phenoxy) is 1. The topological polar surface area (TPSA) is 90.3 Å². The molecule has 1 aromatic rings. The molecule has 0 saturated heterocycles. The van der Waals surface area contributed by atoms with Crippen molar-refractivity contribution in [2.75, 3.05) is 37.1 Å². The lowest BCUT2D eigenvalue weighted by molar-refractivity contribution is 0.182. The van der Waals surface area contributed by atoms with Crippen molar-refractivity contribution in [2.45, 2.75) is 13.5 Å². The zero-order chi connectivity index (χ0) is 15.2. The largest absolute Gasteiger partial charge is 0.383 e. The fourth-order valence-electron chi connectivity index (χ4n) is 1.41. The molecular formula is C11H18ClN3O4S. The minimum atomic E-state index is -3.06. The summed E-state index contributed by atoms with van der Waals surface area (Å²) in [6.45, 7) is 2.42. The van der Waals surface area contributed by atoms with E-state index in [1.165, 1.54) is 18.0 Å². The lowest BCUT2D eigenvalue weighted by Crippen LogP contribution is -2.26. The summed E-state index contributed by atoms with van der Waals surface area (Å²) >= 11 is 5.94. The first-order valence-electron chi connectivity index (χ1n) is 6.10. The van der Waals surface area contributed by atoms with Crippen LogP contribution in [0.15, 0.2) is 11.0 Å². The highest BCUT2D eigenvalue weighted by atomic mass is 35.5. The number of aromatic nitrogens is 2. The zero-order valence-corrected chi connectivity index (χ0v) is 13.0. The van der Waals surface area contributed by atoms with Crippen LogP contribution in [-0.4, -0.2) is 50.0 Å². The number of sulfone groups is 1. The van der Waals surface area contributed by atoms with Gasteiger partial charge in [-0.3, -0.25) is 4.79 Å². The normalized spacial score (nSPS) is 11.6. The van der Waals surface area contributed by atoms with Gasteiger partial charge in [-0.15, -0.1) is 0 Å². The Balaban J connectivity index is 2.73. The molecule has 1 N–H and O–H groups in total. The van der Waals surface area contributed by atoms with Crippen molar-refractivity contribution < 1.29 is 13.2 Å². The van der Waals surface area contributed by atoms with Gasteiger partial charge >= 0.3 is 0 Å². The summed E-state index contributed by atoms with van der Waals surface area (Å²) in [7, 11) is -1.53. The van der Waals surface area contributed by atoms with Gasteiger partial charge in [0.2, 0.25) is 0 Å². The highest BCUT2D eigenvalue weighted by Gasteiger charge is 2.11. The van der Waals surface area contributed by atoms with Crippen LogP contribution in [0.2, 0.25) is 5.02 Å². The number of nitrogens with one attached hydrogen (secondary N) is 1. The van der Waals surface area contributed by atoms with E-state index in [9.17, 15) is 13.2 Å². The summed E-state index contributed by atoms with van der Waals surface area (Å²) < 4.78 is 28.7. The third kappa shape index (κ3) is 4.77. The van der Waals surface area contributed by atoms with Gasteiger partial charge in [-0.25, -0.2) is 13.1 Å². The predicted molar refractivity (Wildman–Crippen MR) is 78.2 cm³/mol. The minimum absolute atomic E-state index is 0.00926. The van der Waals surface area contributed by atoms with Crippen molar-refractivity contribution >= 4 is 27.1 Å². The molecule has 0 saturated carbocycles. The van der Waals surface area contributed by atoms with Crippen molar-refractivity contribution in [3.05, 3.63) is 21.6 Å². The van der Waals surface area contributed by atoms with Crippen LogP contribution in [0.1, 0.15) is 6.92 Å². The van der Waals surface area contributed by atoms with Crippen molar-refractivity contribution in [3.8, 4) is 0 Å². The second-order valence-corrected chi connectivity index (χ2v) is 6.91. The monoisotopic (exact) mass is 323 g/mol. The van der Waals surface area contributed by atoms with Crippen molar-refractivity contribution in [1.82, 2.24) is 9.78 Å². The Morgan fingerprint density at radius 2 is 2.20 bits per heavy atom. The lowest BCUT2D eigenvalue weighted by Gasteiger charge is -2.10. The van der Waals surface area contributed by atoms with Gasteiger partial charge in [-0.2, -0.15) is 5.10 Å². The molecule has 0 unspecified atom stereocenters. The van der Waals surface area contributed by atoms with Gasteiger partial charge in [0, 0.05) is 19.4 Å². The van der Waals surface area contributed by atoms with Gasteiger partial charge in [0.1, 0.15) is 5.02 Å². The van der Waals surface area contributed by atoms with E-state index < -0.39 is 15.4 Å². The van der Waals surface area contributed by atoms with Crippen LogP contribution in [0.25, 0.3) is 0 Å². The summed E-state index contributed by atoms with van der Waals surface area (Å²) in [5.74, 6) is 0.0614. The maximum absolute atomic E-state index is 11.9. The fraction of sp³-hybridized carbons (Fsp3) is 0.636. The van der Waals surface area contributed by atoms with Crippen molar-refractivity contribution in [2.24, 2.45) is 0 Å². The summed E-state index contributed by atoms with van der Waals surface area (Å²) in [6.07, 6.45) is 1.40. The SMILES string of the molecule is CCS(=O)(=O)CCNc1cnn(CCOC)c(=O)c1Cl. The van der Waals surface area contributed by atoms with Crippen LogP contribution in [0, 0.1) is 0 Å². The van der Waals surface area contributed by atoms with Crippen LogP contribution in [0.5, 0.6) is 0 Å². The van der Waals surface area contributed by atoms with Gasteiger partial charge in [0.05, 0.1) is 30.8 Å². The Bertz CT molecular complexity index is 600. The molecule has 7 nitrogen and oxygen atoms in total. The molecule has 20 heavy (non-hydrogen) atoms. The first-order chi connectivity index (χ1) is 9.41. The Hall–Kier alpha value is -1.12. The Labute approximate surface area is 122 Å². The van der Waals surface area contributed by atoms with Gasteiger partial charge in [-0.1, -0.05) is 18.5 Å². The third-order valence-corrected chi connectivity index (χ3v) is 4.73. The standard InChI is InChI=1S/C11H18ClN3O4S/c1-3-20(17,18)7-4-13-9-8-14-15(5-6-19-2)11(16)10(9)12/h8,13H,3-7H2,1-2H3. The molecule has 9 heteroatoms. The molecule has 0 bridgehead atoms. The summed E-state index contributed by atoms with van der Waals surface area (Å²) in [4.78, 5) is 11.9. The summed E-state index contributed by atoms with van der Waals surface area (Å²) in [5, 5.41) is 6.74. The van der Waals surface area contributed by atoms with Crippen LogP contribution in [0.3, 0.4) is 0 Å². The predicted octanol–water partition coefficient (Wildman–Crippen LogP) is 0.390. The number of methoxy groups -OCH3 is 1. The molecule has 0 aliphatic carbocycles. The zero-order valence-electron chi connectivity index (χ0n) is 11.4. The molecule has 0 atom stereocenters. The molecule has 1 aromatic heterocycles. The van der Waals surface area contributed by atoms with Crippen LogP contribution in [0.4, 0.5) is 5.69 Å². The van der Waals surface area contributed by atoms with Gasteiger partial charge in [-0.05, 0) is 0 Å². The quantitative estimate of drug-likeness (QED) is 0.744. The molecule has 0 aliphatic heterocycles. The number of nitrogens with zero attached hydrogens (tertiary/aromatic N) is 2. The summed E-state index contributed by atoms with van der Waals surface area (Å²) in [6, 6.07) is 0. The molecule has 0 aliphatic rings. The highest BCUT2D eigenvalue weighted by Crippen LogP contribution is 2.14. The molecule has 1 heterocycles. The first-order valence-corrected chi connectivity index (χ1v) is 8.30. The Kier molecular flexibility index (Phi) is 6.44. The highest BCUT2D eigenvalue weighted by molar-refractivity contribution is 7.91. The molecule has 114 valence electrons. The maximum atomic E-state index is 11.9. The third-order valence-electron chi connectivity index (χ3n) is 2.66. The van der Waals surface area contributed by atoms with Crippen molar-refractivity contribution in [1.29, 1.82) is 0 Å². The second-order valence-electron chi connectivity index (χ2n) is 4.06. The van der Waals surface area contributed by atoms with E-state index in [0.717, 1.165) is 0 Å². The maximum Gasteiger partial charge on any atom is 0.287 e. The van der Waals surface area contributed by atoms with Crippen LogP contribution < -0.4 is 10.9 Å². The molecule has 0 fully saturated rings. The smallest absolute Gasteiger partial charge is 0.287 e. The van der Waals surface area contributed by atoms with E-state index in [2.05, 4.69) is 10.4 Å². The van der Waals surface area contributed by atoms with Gasteiger partial charge < -0.3 is 10.1 Å². The molecule has 0 spiro atoms. The molecule has 1 rings (SSSR count). The molecule has 0 radical (unpaired) electrons. The lowest BCUT2D eigenvalue weighted by atomic mass is 10.4. The number of halogens is 1. The van der Waals surface area contributed by atoms with E-state index in [4.69, 9.17) is 16.3 Å². The summed E-state index contributed by atoms with van der Waals surface area (Å²) in [5.41, 5.74) is -0.108. The van der Waals surface area contributed by atoms with E-state index in [0.29, 0.717) is 18.8 Å². The number of anilines is 1. The van der Waals surface area contributed by atoms with Crippen molar-refractivity contribution in [3.63, 3.8) is 0 Å². The van der Waals surface area contributed by atoms with E-state index in [-0.39, 0.29) is 23.1 Å². The Morgan fingerprint density at radius 1 is 1.50 bits per heavy atom. The first kappa shape index (κ1) is 16.9. The van der Waals surface area contributed by atoms with Gasteiger partial charge in [0.15, 0.2) is 9.84 Å². The fourth-order valence-corrected chi connectivity index (χ4v) is 2.33. The van der Waals surface area contributed by atoms with Crippen LogP contribution in [-0.2, 0) is 21.1 Å². The number of rotatable bonds is 8.